The SMILES string of the molecule is Cc1ccc(OCC(=O)N[C@@H]2C(=O)N3[C@@H]2SC(C)(C)[C@@H]3C(=O)O)cc1. The van der Waals surface area contributed by atoms with Gasteiger partial charge in [-0.1, -0.05) is 17.7 Å². The van der Waals surface area contributed by atoms with E-state index in [0.29, 0.717) is 5.75 Å². The van der Waals surface area contributed by atoms with Gasteiger partial charge in [-0.3, -0.25) is 9.59 Å². The summed E-state index contributed by atoms with van der Waals surface area (Å²) in [5.74, 6) is -1.22. The maximum atomic E-state index is 12.3. The Morgan fingerprint density at radius 3 is 2.56 bits per heavy atom. The van der Waals surface area contributed by atoms with Gasteiger partial charge in [0.05, 0.1) is 0 Å². The van der Waals surface area contributed by atoms with Gasteiger partial charge in [-0.2, -0.15) is 0 Å². The van der Waals surface area contributed by atoms with Crippen LogP contribution in [0.15, 0.2) is 24.3 Å². The fourth-order valence-electron chi connectivity index (χ4n) is 3.14. The molecule has 1 aromatic carbocycles. The smallest absolute Gasteiger partial charge is 0.327 e. The van der Waals surface area contributed by atoms with Crippen molar-refractivity contribution in [2.75, 3.05) is 6.61 Å². The minimum absolute atomic E-state index is 0.198. The molecular formula is C17H20N2O5S. The molecule has 1 aromatic rings. The molecule has 0 aliphatic carbocycles. The molecule has 2 aliphatic heterocycles. The Morgan fingerprint density at radius 1 is 1.32 bits per heavy atom. The van der Waals surface area contributed by atoms with Crippen LogP contribution in [0.1, 0.15) is 19.4 Å². The number of nitrogens with zero attached hydrogens (tertiary/aromatic N) is 1. The van der Waals surface area contributed by atoms with E-state index in [0.717, 1.165) is 5.56 Å². The quantitative estimate of drug-likeness (QED) is 0.757. The number of amides is 2. The zero-order valence-corrected chi connectivity index (χ0v) is 15.0. The van der Waals surface area contributed by atoms with Crippen molar-refractivity contribution in [2.24, 2.45) is 0 Å². The van der Waals surface area contributed by atoms with Crippen molar-refractivity contribution in [3.8, 4) is 5.75 Å². The number of benzene rings is 1. The molecule has 2 amide bonds. The molecule has 0 radical (unpaired) electrons. The summed E-state index contributed by atoms with van der Waals surface area (Å²) in [4.78, 5) is 37.1. The molecule has 25 heavy (non-hydrogen) atoms. The second kappa shape index (κ2) is 6.25. The highest BCUT2D eigenvalue weighted by molar-refractivity contribution is 8.01. The molecule has 2 aliphatic rings. The number of aliphatic carboxylic acids is 1. The standard InChI is InChI=1S/C17H20N2O5S/c1-9-4-6-10(7-5-9)24-8-11(20)18-12-14(21)19-13(16(22)23)17(2,3)25-15(12)19/h4-7,12-13,15H,8H2,1-3H3,(H,18,20)(H,22,23)/t12-,13+,15-/m1/s1. The number of thioether (sulfide) groups is 1. The van der Waals surface area contributed by atoms with Gasteiger partial charge >= 0.3 is 5.97 Å². The van der Waals surface area contributed by atoms with Crippen molar-refractivity contribution in [3.05, 3.63) is 29.8 Å². The number of ether oxygens (including phenoxy) is 1. The van der Waals surface area contributed by atoms with Gasteiger partial charge < -0.3 is 20.1 Å². The number of β-lactam (4-membered cyclic amide) rings is 1. The number of carbonyl (C=O) groups is 3. The molecule has 0 spiro atoms. The van der Waals surface area contributed by atoms with Crippen LogP contribution in [0.5, 0.6) is 5.75 Å². The number of carbonyl (C=O) groups excluding carboxylic acids is 2. The first-order chi connectivity index (χ1) is 11.7. The lowest BCUT2D eigenvalue weighted by Crippen LogP contribution is -2.70. The molecule has 134 valence electrons. The highest BCUT2D eigenvalue weighted by Gasteiger charge is 2.64. The first kappa shape index (κ1) is 17.6. The van der Waals surface area contributed by atoms with Crippen LogP contribution in [-0.2, 0) is 14.4 Å². The van der Waals surface area contributed by atoms with Crippen molar-refractivity contribution in [1.29, 1.82) is 0 Å². The number of hydrogen-bond donors (Lipinski definition) is 2. The molecule has 0 aromatic heterocycles. The van der Waals surface area contributed by atoms with E-state index in [4.69, 9.17) is 4.74 Å². The van der Waals surface area contributed by atoms with Gasteiger partial charge in [0, 0.05) is 4.75 Å². The maximum absolute atomic E-state index is 12.3. The van der Waals surface area contributed by atoms with Gasteiger partial charge in [0.25, 0.3) is 5.91 Å². The third kappa shape index (κ3) is 3.18. The first-order valence-electron chi connectivity index (χ1n) is 7.92. The summed E-state index contributed by atoms with van der Waals surface area (Å²) in [5.41, 5.74) is 1.09. The molecule has 2 N–H and O–H groups in total. The number of carboxylic acids is 1. The van der Waals surface area contributed by atoms with E-state index in [1.54, 1.807) is 26.0 Å². The van der Waals surface area contributed by atoms with Crippen molar-refractivity contribution in [3.63, 3.8) is 0 Å². The third-order valence-electron chi connectivity index (χ3n) is 4.38. The van der Waals surface area contributed by atoms with Crippen molar-refractivity contribution < 1.29 is 24.2 Å². The largest absolute Gasteiger partial charge is 0.484 e. The second-order valence-corrected chi connectivity index (χ2v) is 8.52. The predicted molar refractivity (Wildman–Crippen MR) is 92.3 cm³/mol. The number of hydrogen-bond acceptors (Lipinski definition) is 5. The Balaban J connectivity index is 1.57. The van der Waals surface area contributed by atoms with E-state index < -0.39 is 28.7 Å². The van der Waals surface area contributed by atoms with Crippen LogP contribution in [-0.4, -0.2) is 56.6 Å². The molecule has 8 heteroatoms. The zero-order chi connectivity index (χ0) is 18.4. The molecule has 3 atom stereocenters. The van der Waals surface area contributed by atoms with Crippen molar-refractivity contribution in [1.82, 2.24) is 10.2 Å². The molecule has 2 fully saturated rings. The minimum atomic E-state index is -1.03. The molecule has 0 saturated carbocycles. The van der Waals surface area contributed by atoms with Crippen LogP contribution < -0.4 is 10.1 Å². The molecule has 0 bridgehead atoms. The Kier molecular flexibility index (Phi) is 4.40. The highest BCUT2D eigenvalue weighted by atomic mass is 32.2. The van der Waals surface area contributed by atoms with Crippen LogP contribution in [0.4, 0.5) is 0 Å². The molecule has 2 heterocycles. The summed E-state index contributed by atoms with van der Waals surface area (Å²) in [5, 5.41) is 11.7. The molecule has 2 saturated heterocycles. The van der Waals surface area contributed by atoms with Crippen LogP contribution in [0, 0.1) is 6.92 Å². The van der Waals surface area contributed by atoms with Gasteiger partial charge in [-0.15, -0.1) is 11.8 Å². The summed E-state index contributed by atoms with van der Waals surface area (Å²) in [7, 11) is 0. The van der Waals surface area contributed by atoms with E-state index in [2.05, 4.69) is 5.32 Å². The van der Waals surface area contributed by atoms with Crippen LogP contribution in [0.3, 0.4) is 0 Å². The van der Waals surface area contributed by atoms with Crippen LogP contribution in [0.25, 0.3) is 0 Å². The molecule has 0 unspecified atom stereocenters. The van der Waals surface area contributed by atoms with Crippen molar-refractivity contribution in [2.45, 2.75) is 43.0 Å². The number of carboxylic acid groups (broad SMARTS) is 1. The van der Waals surface area contributed by atoms with Gasteiger partial charge in [0.2, 0.25) is 5.91 Å². The Bertz CT molecular complexity index is 718. The van der Waals surface area contributed by atoms with Crippen LogP contribution in [0.2, 0.25) is 0 Å². The number of rotatable bonds is 5. The normalized spacial score (nSPS) is 26.6. The first-order valence-corrected chi connectivity index (χ1v) is 8.80. The van der Waals surface area contributed by atoms with Gasteiger partial charge in [-0.25, -0.2) is 4.79 Å². The molecule has 7 nitrogen and oxygen atoms in total. The number of aryl methyl sites for hydroxylation is 1. The lowest BCUT2D eigenvalue weighted by atomic mass is 9.96. The Morgan fingerprint density at radius 2 is 1.96 bits per heavy atom. The van der Waals surface area contributed by atoms with E-state index in [-0.39, 0.29) is 17.9 Å². The van der Waals surface area contributed by atoms with E-state index in [1.165, 1.54) is 16.7 Å². The Labute approximate surface area is 149 Å². The Hall–Kier alpha value is -2.22. The number of nitrogens with one attached hydrogen (secondary N) is 1. The summed E-state index contributed by atoms with van der Waals surface area (Å²) in [6.45, 7) is 5.34. The summed E-state index contributed by atoms with van der Waals surface area (Å²) < 4.78 is 4.79. The lowest BCUT2D eigenvalue weighted by molar-refractivity contribution is -0.161. The monoisotopic (exact) mass is 364 g/mol. The second-order valence-electron chi connectivity index (χ2n) is 6.75. The summed E-state index contributed by atoms with van der Waals surface area (Å²) >= 11 is 1.39. The fraction of sp³-hybridized carbons (Fsp3) is 0.471. The molecule has 3 rings (SSSR count). The van der Waals surface area contributed by atoms with Crippen molar-refractivity contribution >= 4 is 29.5 Å². The van der Waals surface area contributed by atoms with Gasteiger partial charge in [0.1, 0.15) is 23.2 Å². The minimum Gasteiger partial charge on any atom is -0.484 e. The fourth-order valence-corrected chi connectivity index (χ4v) is 4.77. The molecular weight excluding hydrogens is 344 g/mol. The zero-order valence-electron chi connectivity index (χ0n) is 14.2. The van der Waals surface area contributed by atoms with E-state index >= 15 is 0 Å². The highest BCUT2D eigenvalue weighted by Crippen LogP contribution is 2.50. The topological polar surface area (TPSA) is 95.9 Å². The summed E-state index contributed by atoms with van der Waals surface area (Å²) in [6.07, 6.45) is 0. The number of fused-ring (bicyclic) bond motifs is 1. The van der Waals surface area contributed by atoms with E-state index in [1.807, 2.05) is 19.1 Å². The predicted octanol–water partition coefficient (Wildman–Crippen LogP) is 1.01. The van der Waals surface area contributed by atoms with Crippen LogP contribution >= 0.6 is 11.8 Å². The third-order valence-corrected chi connectivity index (χ3v) is 5.95. The lowest BCUT2D eigenvalue weighted by Gasteiger charge is -2.43. The van der Waals surface area contributed by atoms with Gasteiger partial charge in [0.15, 0.2) is 6.61 Å². The van der Waals surface area contributed by atoms with Gasteiger partial charge in [-0.05, 0) is 32.9 Å². The average Bonchev–Trinajstić information content (AvgIpc) is 2.80. The average molecular weight is 364 g/mol. The maximum Gasteiger partial charge on any atom is 0.327 e. The summed E-state index contributed by atoms with van der Waals surface area (Å²) in [6, 6.07) is 5.71. The van der Waals surface area contributed by atoms with E-state index in [9.17, 15) is 19.5 Å².